The molecule has 0 N–H and O–H groups in total. The summed E-state index contributed by atoms with van der Waals surface area (Å²) < 4.78 is 5.46. The highest BCUT2D eigenvalue weighted by Gasteiger charge is 2.10. The third kappa shape index (κ3) is 6.12. The summed E-state index contributed by atoms with van der Waals surface area (Å²) in [4.78, 5) is 12.2. The van der Waals surface area contributed by atoms with Gasteiger partial charge >= 0.3 is 5.97 Å². The Bertz CT molecular complexity index is 617. The van der Waals surface area contributed by atoms with Gasteiger partial charge in [0.25, 0.3) is 0 Å². The van der Waals surface area contributed by atoms with Crippen LogP contribution in [0.4, 0.5) is 0 Å². The van der Waals surface area contributed by atoms with Gasteiger partial charge in [-0.3, -0.25) is 0 Å². The Kier molecular flexibility index (Phi) is 7.51. The number of thiophene rings is 1. The first-order valence-corrected chi connectivity index (χ1v) is 9.80. The molecule has 0 fully saturated rings. The number of rotatable bonds is 9. The largest absolute Gasteiger partial charge is 0.462 e. The van der Waals surface area contributed by atoms with Crippen LogP contribution in [-0.2, 0) is 4.74 Å². The summed E-state index contributed by atoms with van der Waals surface area (Å²) in [5.41, 5.74) is 2.84. The van der Waals surface area contributed by atoms with Crippen LogP contribution in [0.15, 0.2) is 41.1 Å². The van der Waals surface area contributed by atoms with Crippen molar-refractivity contribution in [3.05, 3.63) is 46.7 Å². The van der Waals surface area contributed by atoms with Crippen molar-refractivity contribution in [3.63, 3.8) is 0 Å². The van der Waals surface area contributed by atoms with Gasteiger partial charge in [0, 0.05) is 0 Å². The Morgan fingerprint density at radius 3 is 2.62 bits per heavy atom. The molecule has 1 heterocycles. The van der Waals surface area contributed by atoms with E-state index in [1.165, 1.54) is 19.3 Å². The molecule has 0 saturated carbocycles. The molecule has 1 aromatic heterocycles. The first-order chi connectivity index (χ1) is 11.6. The maximum Gasteiger partial charge on any atom is 0.338 e. The van der Waals surface area contributed by atoms with Gasteiger partial charge in [-0.25, -0.2) is 4.79 Å². The summed E-state index contributed by atoms with van der Waals surface area (Å²) in [5.74, 6) is 1.15. The van der Waals surface area contributed by atoms with Gasteiger partial charge in [0.2, 0.25) is 0 Å². The molecule has 0 radical (unpaired) electrons. The minimum absolute atomic E-state index is 0.221. The fourth-order valence-corrected chi connectivity index (χ4v) is 3.37. The minimum Gasteiger partial charge on any atom is -0.462 e. The molecule has 0 bridgehead atoms. The molecule has 130 valence electrons. The van der Waals surface area contributed by atoms with E-state index in [4.69, 9.17) is 4.74 Å². The molecule has 1 atom stereocenters. The summed E-state index contributed by atoms with van der Waals surface area (Å²) in [5, 5.41) is 4.13. The summed E-state index contributed by atoms with van der Waals surface area (Å²) in [7, 11) is 0. The number of hydrogen-bond donors (Lipinski definition) is 0. The Morgan fingerprint density at radius 1 is 1.08 bits per heavy atom. The predicted octanol–water partition coefficient (Wildman–Crippen LogP) is 6.42. The van der Waals surface area contributed by atoms with E-state index in [-0.39, 0.29) is 5.97 Å². The van der Waals surface area contributed by atoms with Gasteiger partial charge in [-0.05, 0) is 58.3 Å². The zero-order chi connectivity index (χ0) is 17.4. The lowest BCUT2D eigenvalue weighted by atomic mass is 9.98. The van der Waals surface area contributed by atoms with Crippen molar-refractivity contribution >= 4 is 17.3 Å². The second-order valence-corrected chi connectivity index (χ2v) is 7.73. The van der Waals surface area contributed by atoms with Crippen molar-refractivity contribution in [3.8, 4) is 11.1 Å². The maximum absolute atomic E-state index is 12.2. The number of carbonyl (C=O) groups is 1. The standard InChI is InChI=1S/C21H28O2S/c1-16(2)6-4-7-17(3)10-12-23-21(22)19-9-5-8-18(14-19)20-11-13-24-15-20/h5,8-9,11,13-17H,4,6-7,10,12H2,1-3H3. The molecule has 0 amide bonds. The molecule has 24 heavy (non-hydrogen) atoms. The number of benzene rings is 1. The molecule has 0 aliphatic rings. The average molecular weight is 345 g/mol. The third-order valence-corrected chi connectivity index (χ3v) is 4.96. The molecule has 0 saturated heterocycles. The lowest BCUT2D eigenvalue weighted by molar-refractivity contribution is 0.0483. The lowest BCUT2D eigenvalue weighted by Crippen LogP contribution is -2.09. The summed E-state index contributed by atoms with van der Waals surface area (Å²) >= 11 is 1.66. The molecule has 2 aromatic rings. The molecule has 0 spiro atoms. The van der Waals surface area contributed by atoms with Crippen LogP contribution >= 0.6 is 11.3 Å². The Morgan fingerprint density at radius 2 is 1.92 bits per heavy atom. The summed E-state index contributed by atoms with van der Waals surface area (Å²) in [6.45, 7) is 7.27. The van der Waals surface area contributed by atoms with Crippen molar-refractivity contribution in [1.82, 2.24) is 0 Å². The Labute approximate surface area is 149 Å². The van der Waals surface area contributed by atoms with Crippen LogP contribution < -0.4 is 0 Å². The molecule has 1 unspecified atom stereocenters. The quantitative estimate of drug-likeness (QED) is 0.490. The van der Waals surface area contributed by atoms with E-state index in [0.29, 0.717) is 18.1 Å². The second kappa shape index (κ2) is 9.63. The first kappa shape index (κ1) is 18.7. The van der Waals surface area contributed by atoms with Gasteiger partial charge in [-0.2, -0.15) is 11.3 Å². The van der Waals surface area contributed by atoms with Crippen LogP contribution in [0.2, 0.25) is 0 Å². The van der Waals surface area contributed by atoms with Crippen LogP contribution in [0, 0.1) is 11.8 Å². The monoisotopic (exact) mass is 344 g/mol. The molecule has 0 aliphatic carbocycles. The number of esters is 1. The summed E-state index contributed by atoms with van der Waals surface area (Å²) in [6, 6.07) is 9.74. The number of hydrogen-bond acceptors (Lipinski definition) is 3. The van der Waals surface area contributed by atoms with Crippen LogP contribution in [0.1, 0.15) is 56.8 Å². The number of ether oxygens (including phenoxy) is 1. The smallest absolute Gasteiger partial charge is 0.338 e. The molecule has 2 nitrogen and oxygen atoms in total. The highest BCUT2D eigenvalue weighted by molar-refractivity contribution is 7.08. The summed E-state index contributed by atoms with van der Waals surface area (Å²) in [6.07, 6.45) is 4.69. The van der Waals surface area contributed by atoms with Gasteiger partial charge in [-0.1, -0.05) is 52.2 Å². The molecular weight excluding hydrogens is 316 g/mol. The van der Waals surface area contributed by atoms with E-state index < -0.39 is 0 Å². The predicted molar refractivity (Wildman–Crippen MR) is 103 cm³/mol. The molecular formula is C21H28O2S. The minimum atomic E-state index is -0.221. The third-order valence-electron chi connectivity index (χ3n) is 4.27. The highest BCUT2D eigenvalue weighted by atomic mass is 32.1. The van der Waals surface area contributed by atoms with Gasteiger partial charge in [0.15, 0.2) is 0 Å². The first-order valence-electron chi connectivity index (χ1n) is 8.86. The normalized spacial score (nSPS) is 12.3. The van der Waals surface area contributed by atoms with Crippen molar-refractivity contribution in [2.24, 2.45) is 11.8 Å². The van der Waals surface area contributed by atoms with Gasteiger partial charge in [0.1, 0.15) is 0 Å². The van der Waals surface area contributed by atoms with Crippen LogP contribution in [0.25, 0.3) is 11.1 Å². The molecule has 2 rings (SSSR count). The Hall–Kier alpha value is -1.61. The zero-order valence-electron chi connectivity index (χ0n) is 15.0. The van der Waals surface area contributed by atoms with Crippen molar-refractivity contribution < 1.29 is 9.53 Å². The molecule has 1 aromatic carbocycles. The van der Waals surface area contributed by atoms with E-state index >= 15 is 0 Å². The van der Waals surface area contributed by atoms with E-state index in [1.54, 1.807) is 11.3 Å². The van der Waals surface area contributed by atoms with E-state index in [9.17, 15) is 4.79 Å². The van der Waals surface area contributed by atoms with Gasteiger partial charge in [-0.15, -0.1) is 0 Å². The van der Waals surface area contributed by atoms with E-state index in [1.807, 2.05) is 29.6 Å². The maximum atomic E-state index is 12.2. The van der Waals surface area contributed by atoms with Crippen LogP contribution in [-0.4, -0.2) is 12.6 Å². The lowest BCUT2D eigenvalue weighted by Gasteiger charge is -2.12. The highest BCUT2D eigenvalue weighted by Crippen LogP contribution is 2.23. The molecule has 0 aliphatic heterocycles. The topological polar surface area (TPSA) is 26.3 Å². The fraction of sp³-hybridized carbons (Fsp3) is 0.476. The van der Waals surface area contributed by atoms with Crippen molar-refractivity contribution in [2.45, 2.75) is 46.5 Å². The Balaban J connectivity index is 1.77. The van der Waals surface area contributed by atoms with Crippen molar-refractivity contribution in [2.75, 3.05) is 6.61 Å². The molecule has 3 heteroatoms. The number of carbonyl (C=O) groups excluding carboxylic acids is 1. The zero-order valence-corrected chi connectivity index (χ0v) is 15.8. The van der Waals surface area contributed by atoms with E-state index in [2.05, 4.69) is 32.2 Å². The van der Waals surface area contributed by atoms with Gasteiger partial charge < -0.3 is 4.74 Å². The second-order valence-electron chi connectivity index (χ2n) is 6.95. The van der Waals surface area contributed by atoms with Crippen molar-refractivity contribution in [1.29, 1.82) is 0 Å². The van der Waals surface area contributed by atoms with Gasteiger partial charge in [0.05, 0.1) is 12.2 Å². The van der Waals surface area contributed by atoms with E-state index in [0.717, 1.165) is 23.5 Å². The average Bonchev–Trinajstić information content (AvgIpc) is 3.09. The fourth-order valence-electron chi connectivity index (χ4n) is 2.71. The van der Waals surface area contributed by atoms with Crippen LogP contribution in [0.3, 0.4) is 0 Å². The SMILES string of the molecule is CC(C)CCCC(C)CCOC(=O)c1cccc(-c2ccsc2)c1. The van der Waals surface area contributed by atoms with Crippen LogP contribution in [0.5, 0.6) is 0 Å².